The summed E-state index contributed by atoms with van der Waals surface area (Å²) < 4.78 is 24.8. The summed E-state index contributed by atoms with van der Waals surface area (Å²) in [7, 11) is -3.51. The van der Waals surface area contributed by atoms with E-state index < -0.39 is 14.8 Å². The number of aromatic nitrogens is 3. The highest BCUT2D eigenvalue weighted by Gasteiger charge is 2.32. The molecule has 0 bridgehead atoms. The number of fused-ring (bicyclic) bond motifs is 1. The maximum Gasteiger partial charge on any atom is 0.245 e. The van der Waals surface area contributed by atoms with E-state index in [1.165, 1.54) is 12.4 Å². The average Bonchev–Trinajstić information content (AvgIpc) is 2.58. The molecule has 5 nitrogen and oxygen atoms in total. The van der Waals surface area contributed by atoms with E-state index in [0.29, 0.717) is 11.0 Å². The first-order valence-corrected chi connectivity index (χ1v) is 6.80. The Morgan fingerprint density at radius 2 is 2.00 bits per heavy atom. The van der Waals surface area contributed by atoms with Gasteiger partial charge in [-0.1, -0.05) is 0 Å². The smallest absolute Gasteiger partial charge is 0.227 e. The van der Waals surface area contributed by atoms with Gasteiger partial charge in [0.25, 0.3) is 0 Å². The Morgan fingerprint density at radius 1 is 1.35 bits per heavy atom. The molecule has 0 spiro atoms. The Hall–Kier alpha value is -1.14. The van der Waals surface area contributed by atoms with Crippen molar-refractivity contribution in [2.24, 2.45) is 0 Å². The Balaban J connectivity index is 2.77. The molecule has 92 valence electrons. The van der Waals surface area contributed by atoms with Gasteiger partial charge in [-0.05, 0) is 38.4 Å². The summed E-state index contributed by atoms with van der Waals surface area (Å²) in [6.45, 7) is 4.91. The lowest BCUT2D eigenvalue weighted by Gasteiger charge is -2.20. The van der Waals surface area contributed by atoms with Crippen molar-refractivity contribution >= 4 is 32.7 Å². The first-order chi connectivity index (χ1) is 7.73. The summed E-state index contributed by atoms with van der Waals surface area (Å²) >= 11 is 5.68. The van der Waals surface area contributed by atoms with E-state index in [1.54, 1.807) is 26.8 Å². The van der Waals surface area contributed by atoms with E-state index in [-0.39, 0.29) is 5.28 Å². The lowest BCUT2D eigenvalue weighted by atomic mass is 10.3. The molecule has 0 amide bonds. The summed E-state index contributed by atoms with van der Waals surface area (Å²) in [5, 5.41) is 0.670. The SMILES string of the molecule is CC(C)(C)S(=O)(=O)n1ccc2cnc(Cl)nc21. The minimum atomic E-state index is -3.51. The summed E-state index contributed by atoms with van der Waals surface area (Å²) in [5.74, 6) is 0. The van der Waals surface area contributed by atoms with Crippen molar-refractivity contribution in [1.29, 1.82) is 0 Å². The number of nitrogens with zero attached hydrogens (tertiary/aromatic N) is 3. The molecule has 0 radical (unpaired) electrons. The molecule has 0 aliphatic rings. The second-order valence-corrected chi connectivity index (χ2v) is 7.55. The quantitative estimate of drug-likeness (QED) is 0.746. The summed E-state index contributed by atoms with van der Waals surface area (Å²) in [5.41, 5.74) is 0.305. The molecule has 2 rings (SSSR count). The maximum atomic E-state index is 12.3. The van der Waals surface area contributed by atoms with Crippen LogP contribution in [0.1, 0.15) is 20.8 Å². The van der Waals surface area contributed by atoms with Gasteiger partial charge in [0, 0.05) is 17.8 Å². The van der Waals surface area contributed by atoms with Gasteiger partial charge in [-0.25, -0.2) is 17.4 Å². The topological polar surface area (TPSA) is 64.8 Å². The molecule has 2 aromatic heterocycles. The minimum Gasteiger partial charge on any atom is -0.227 e. The Bertz CT molecular complexity index is 670. The second kappa shape index (κ2) is 3.68. The van der Waals surface area contributed by atoms with Crippen LogP contribution in [0.5, 0.6) is 0 Å². The maximum absolute atomic E-state index is 12.3. The standard InChI is InChI=1S/C10H12ClN3O2S/c1-10(2,3)17(15,16)14-5-4-7-6-12-9(11)13-8(7)14/h4-6H,1-3H3. The fourth-order valence-corrected chi connectivity index (χ4v) is 2.68. The third-order valence-corrected chi connectivity index (χ3v) is 4.94. The summed E-state index contributed by atoms with van der Waals surface area (Å²) in [6, 6.07) is 1.65. The van der Waals surface area contributed by atoms with E-state index in [4.69, 9.17) is 11.6 Å². The molecule has 7 heteroatoms. The average molecular weight is 274 g/mol. The zero-order valence-corrected chi connectivity index (χ0v) is 11.2. The van der Waals surface area contributed by atoms with Crippen molar-refractivity contribution < 1.29 is 8.42 Å². The van der Waals surface area contributed by atoms with Gasteiger partial charge < -0.3 is 0 Å². The molecule has 2 heterocycles. The molecular formula is C10H12ClN3O2S. The van der Waals surface area contributed by atoms with Crippen LogP contribution in [0.3, 0.4) is 0 Å². The van der Waals surface area contributed by atoms with Crippen LogP contribution in [0.25, 0.3) is 11.0 Å². The third-order valence-electron chi connectivity index (χ3n) is 2.40. The highest BCUT2D eigenvalue weighted by Crippen LogP contribution is 2.23. The molecule has 0 fully saturated rings. The van der Waals surface area contributed by atoms with Gasteiger partial charge in [0.05, 0.1) is 4.75 Å². The van der Waals surface area contributed by atoms with Gasteiger partial charge in [-0.3, -0.25) is 0 Å². The molecule has 0 aliphatic carbocycles. The van der Waals surface area contributed by atoms with Crippen LogP contribution in [0.15, 0.2) is 18.5 Å². The molecular weight excluding hydrogens is 262 g/mol. The monoisotopic (exact) mass is 273 g/mol. The molecule has 0 saturated carbocycles. The molecule has 0 N–H and O–H groups in total. The van der Waals surface area contributed by atoms with E-state index in [9.17, 15) is 8.42 Å². The van der Waals surface area contributed by atoms with Crippen LogP contribution < -0.4 is 0 Å². The van der Waals surface area contributed by atoms with Crippen molar-refractivity contribution in [2.45, 2.75) is 25.5 Å². The fraction of sp³-hybridized carbons (Fsp3) is 0.400. The summed E-state index contributed by atoms with van der Waals surface area (Å²) in [6.07, 6.45) is 2.97. The van der Waals surface area contributed by atoms with Gasteiger partial charge in [0.2, 0.25) is 15.3 Å². The molecule has 0 unspecified atom stereocenters. The molecule has 0 aliphatic heterocycles. The zero-order chi connectivity index (χ0) is 12.8. The van der Waals surface area contributed by atoms with Gasteiger partial charge in [-0.2, -0.15) is 4.98 Å². The first-order valence-electron chi connectivity index (χ1n) is 4.98. The van der Waals surface area contributed by atoms with E-state index in [1.807, 2.05) is 0 Å². The van der Waals surface area contributed by atoms with Gasteiger partial charge in [0.1, 0.15) is 0 Å². The van der Waals surface area contributed by atoms with Crippen LogP contribution in [-0.4, -0.2) is 27.1 Å². The van der Waals surface area contributed by atoms with Crippen LogP contribution in [0.2, 0.25) is 5.28 Å². The van der Waals surface area contributed by atoms with Gasteiger partial charge in [-0.15, -0.1) is 0 Å². The van der Waals surface area contributed by atoms with Gasteiger partial charge >= 0.3 is 0 Å². The largest absolute Gasteiger partial charge is 0.245 e. The number of hydrogen-bond donors (Lipinski definition) is 0. The number of rotatable bonds is 1. The normalized spacial score (nSPS) is 13.2. The van der Waals surface area contributed by atoms with Gasteiger partial charge in [0.15, 0.2) is 5.65 Å². The Labute approximate surface area is 104 Å². The van der Waals surface area contributed by atoms with Crippen molar-refractivity contribution in [3.8, 4) is 0 Å². The fourth-order valence-electron chi connectivity index (χ4n) is 1.36. The number of halogens is 1. The third kappa shape index (κ3) is 1.91. The van der Waals surface area contributed by atoms with E-state index >= 15 is 0 Å². The van der Waals surface area contributed by atoms with Crippen LogP contribution in [-0.2, 0) is 10.0 Å². The first kappa shape index (κ1) is 12.3. The molecule has 0 saturated heterocycles. The molecule has 0 atom stereocenters. The predicted molar refractivity (Wildman–Crippen MR) is 66.6 cm³/mol. The van der Waals surface area contributed by atoms with Crippen molar-refractivity contribution in [3.63, 3.8) is 0 Å². The highest BCUT2D eigenvalue weighted by atomic mass is 35.5. The minimum absolute atomic E-state index is 0.0292. The predicted octanol–water partition coefficient (Wildman–Crippen LogP) is 2.06. The molecule has 17 heavy (non-hydrogen) atoms. The Morgan fingerprint density at radius 3 is 2.59 bits per heavy atom. The van der Waals surface area contributed by atoms with Crippen molar-refractivity contribution in [2.75, 3.05) is 0 Å². The van der Waals surface area contributed by atoms with Crippen LogP contribution in [0, 0.1) is 0 Å². The van der Waals surface area contributed by atoms with E-state index in [0.717, 1.165) is 3.97 Å². The van der Waals surface area contributed by atoms with E-state index in [2.05, 4.69) is 9.97 Å². The van der Waals surface area contributed by atoms with Crippen LogP contribution >= 0.6 is 11.6 Å². The highest BCUT2D eigenvalue weighted by molar-refractivity contribution is 7.91. The Kier molecular flexibility index (Phi) is 2.67. The van der Waals surface area contributed by atoms with Crippen molar-refractivity contribution in [1.82, 2.24) is 13.9 Å². The zero-order valence-electron chi connectivity index (χ0n) is 9.68. The lowest BCUT2D eigenvalue weighted by molar-refractivity contribution is 0.552. The lowest BCUT2D eigenvalue weighted by Crippen LogP contribution is -2.33. The number of hydrogen-bond acceptors (Lipinski definition) is 4. The second-order valence-electron chi connectivity index (χ2n) is 4.65. The molecule has 0 aromatic carbocycles. The molecule has 2 aromatic rings. The van der Waals surface area contributed by atoms with Crippen molar-refractivity contribution in [3.05, 3.63) is 23.7 Å². The van der Waals surface area contributed by atoms with Crippen LogP contribution in [0.4, 0.5) is 0 Å². The summed E-state index contributed by atoms with van der Waals surface area (Å²) in [4.78, 5) is 7.76.